The van der Waals surface area contributed by atoms with Gasteiger partial charge in [-0.3, -0.25) is 13.9 Å². The Morgan fingerprint density at radius 2 is 1.57 bits per heavy atom. The SMILES string of the molecule is CCNC(=O)[C@@H](Cc1ccccc1)N(Cc1ccccc1C)C(=O)CN(c1ccccc1Cl)S(C)(=O)=O. The van der Waals surface area contributed by atoms with Crippen LogP contribution in [-0.2, 0) is 32.6 Å². The molecule has 7 nitrogen and oxygen atoms in total. The number of nitrogens with one attached hydrogen (secondary N) is 1. The Hall–Kier alpha value is -3.36. The molecule has 0 fully saturated rings. The van der Waals surface area contributed by atoms with E-state index in [4.69, 9.17) is 11.6 Å². The van der Waals surface area contributed by atoms with Crippen molar-refractivity contribution in [3.8, 4) is 0 Å². The molecular weight excluding hydrogens is 510 g/mol. The van der Waals surface area contributed by atoms with Crippen molar-refractivity contribution in [2.24, 2.45) is 0 Å². The third-order valence-corrected chi connectivity index (χ3v) is 7.47. The van der Waals surface area contributed by atoms with E-state index in [-0.39, 0.29) is 29.6 Å². The summed E-state index contributed by atoms with van der Waals surface area (Å²) in [7, 11) is -3.86. The van der Waals surface area contributed by atoms with Gasteiger partial charge in [0, 0.05) is 19.5 Å². The van der Waals surface area contributed by atoms with Crippen molar-refractivity contribution in [2.75, 3.05) is 23.7 Å². The molecule has 1 atom stereocenters. The Morgan fingerprint density at radius 1 is 0.946 bits per heavy atom. The van der Waals surface area contributed by atoms with Gasteiger partial charge < -0.3 is 10.2 Å². The van der Waals surface area contributed by atoms with Crippen LogP contribution in [0.15, 0.2) is 78.9 Å². The number of amides is 2. The summed E-state index contributed by atoms with van der Waals surface area (Å²) in [5.74, 6) is -0.822. The number of anilines is 1. The van der Waals surface area contributed by atoms with E-state index in [0.29, 0.717) is 6.54 Å². The first-order valence-corrected chi connectivity index (χ1v) is 14.2. The molecule has 3 aromatic carbocycles. The van der Waals surface area contributed by atoms with E-state index in [0.717, 1.165) is 27.3 Å². The second kappa shape index (κ2) is 12.7. The zero-order valence-corrected chi connectivity index (χ0v) is 22.8. The van der Waals surface area contributed by atoms with Gasteiger partial charge in [-0.2, -0.15) is 0 Å². The summed E-state index contributed by atoms with van der Waals surface area (Å²) in [6, 6.07) is 22.6. The highest BCUT2D eigenvalue weighted by Crippen LogP contribution is 2.28. The van der Waals surface area contributed by atoms with Crippen molar-refractivity contribution in [2.45, 2.75) is 32.9 Å². The molecular formula is C28H32ClN3O4S. The molecule has 0 aliphatic heterocycles. The van der Waals surface area contributed by atoms with Gasteiger partial charge in [-0.25, -0.2) is 8.42 Å². The molecule has 0 bridgehead atoms. The van der Waals surface area contributed by atoms with Gasteiger partial charge in [0.05, 0.1) is 17.0 Å². The highest BCUT2D eigenvalue weighted by atomic mass is 35.5. The monoisotopic (exact) mass is 541 g/mol. The number of hydrogen-bond acceptors (Lipinski definition) is 4. The number of likely N-dealkylation sites (N-methyl/N-ethyl adjacent to an activating group) is 1. The van der Waals surface area contributed by atoms with Crippen molar-refractivity contribution >= 4 is 39.1 Å². The average Bonchev–Trinajstić information content (AvgIpc) is 2.86. The van der Waals surface area contributed by atoms with E-state index in [9.17, 15) is 18.0 Å². The number of halogens is 1. The van der Waals surface area contributed by atoms with Gasteiger partial charge in [-0.05, 0) is 42.7 Å². The maximum absolute atomic E-state index is 13.9. The zero-order chi connectivity index (χ0) is 27.0. The van der Waals surface area contributed by atoms with E-state index in [2.05, 4.69) is 5.32 Å². The summed E-state index contributed by atoms with van der Waals surface area (Å²) >= 11 is 6.31. The molecule has 0 saturated heterocycles. The van der Waals surface area contributed by atoms with E-state index in [1.54, 1.807) is 24.3 Å². The molecule has 0 aliphatic rings. The van der Waals surface area contributed by atoms with Crippen LogP contribution in [0.1, 0.15) is 23.6 Å². The van der Waals surface area contributed by atoms with E-state index >= 15 is 0 Å². The van der Waals surface area contributed by atoms with Gasteiger partial charge in [-0.1, -0.05) is 78.3 Å². The van der Waals surface area contributed by atoms with Crippen LogP contribution in [0.2, 0.25) is 5.02 Å². The first kappa shape index (κ1) is 28.2. The van der Waals surface area contributed by atoms with Gasteiger partial charge >= 0.3 is 0 Å². The number of para-hydroxylation sites is 1. The van der Waals surface area contributed by atoms with Gasteiger partial charge in [0.25, 0.3) is 0 Å². The van der Waals surface area contributed by atoms with Crippen molar-refractivity contribution < 1.29 is 18.0 Å². The predicted molar refractivity (Wildman–Crippen MR) is 148 cm³/mol. The molecule has 0 aliphatic carbocycles. The maximum atomic E-state index is 13.9. The Bertz CT molecular complexity index is 1330. The fraction of sp³-hybridized carbons (Fsp3) is 0.286. The van der Waals surface area contributed by atoms with Crippen molar-refractivity contribution in [1.29, 1.82) is 0 Å². The second-order valence-electron chi connectivity index (χ2n) is 8.77. The number of carbonyl (C=O) groups excluding carboxylic acids is 2. The van der Waals surface area contributed by atoms with Crippen LogP contribution in [-0.4, -0.2) is 50.5 Å². The lowest BCUT2D eigenvalue weighted by atomic mass is 10.0. The fourth-order valence-electron chi connectivity index (χ4n) is 4.07. The van der Waals surface area contributed by atoms with Gasteiger partial charge in [0.2, 0.25) is 21.8 Å². The maximum Gasteiger partial charge on any atom is 0.244 e. The Kier molecular flexibility index (Phi) is 9.72. The Morgan fingerprint density at radius 3 is 2.19 bits per heavy atom. The number of rotatable bonds is 11. The summed E-state index contributed by atoms with van der Waals surface area (Å²) < 4.78 is 26.5. The number of carbonyl (C=O) groups is 2. The number of aryl methyl sites for hydroxylation is 1. The summed E-state index contributed by atoms with van der Waals surface area (Å²) in [5.41, 5.74) is 2.91. The van der Waals surface area contributed by atoms with Crippen molar-refractivity contribution in [3.05, 3.63) is 101 Å². The highest BCUT2D eigenvalue weighted by Gasteiger charge is 2.33. The first-order valence-electron chi connectivity index (χ1n) is 12.0. The van der Waals surface area contributed by atoms with E-state index in [1.807, 2.05) is 68.4 Å². The number of hydrogen-bond donors (Lipinski definition) is 1. The predicted octanol–water partition coefficient (Wildman–Crippen LogP) is 4.19. The minimum Gasteiger partial charge on any atom is -0.355 e. The van der Waals surface area contributed by atoms with Crippen molar-refractivity contribution in [3.63, 3.8) is 0 Å². The molecule has 37 heavy (non-hydrogen) atoms. The second-order valence-corrected chi connectivity index (χ2v) is 11.1. The molecule has 2 amide bonds. The van der Waals surface area contributed by atoms with Crippen LogP contribution in [0.5, 0.6) is 0 Å². The van der Waals surface area contributed by atoms with Crippen molar-refractivity contribution in [1.82, 2.24) is 10.2 Å². The molecule has 0 saturated carbocycles. The molecule has 9 heteroatoms. The third-order valence-electron chi connectivity index (χ3n) is 6.02. The summed E-state index contributed by atoms with van der Waals surface area (Å²) in [5, 5.41) is 3.04. The van der Waals surface area contributed by atoms with Crippen LogP contribution in [0, 0.1) is 6.92 Å². The molecule has 1 N–H and O–H groups in total. The normalized spacial score (nSPS) is 12.0. The molecule has 0 spiro atoms. The van der Waals surface area contributed by atoms with Gasteiger partial charge in [0.1, 0.15) is 12.6 Å². The fourth-order valence-corrected chi connectivity index (χ4v) is 5.22. The highest BCUT2D eigenvalue weighted by molar-refractivity contribution is 7.92. The smallest absolute Gasteiger partial charge is 0.244 e. The molecule has 3 rings (SSSR count). The van der Waals surface area contributed by atoms with Crippen LogP contribution in [0.3, 0.4) is 0 Å². The van der Waals surface area contributed by atoms with E-state index < -0.39 is 28.5 Å². The zero-order valence-electron chi connectivity index (χ0n) is 21.2. The molecule has 0 unspecified atom stereocenters. The number of nitrogens with zero attached hydrogens (tertiary/aromatic N) is 2. The number of sulfonamides is 1. The van der Waals surface area contributed by atoms with E-state index in [1.165, 1.54) is 4.90 Å². The summed E-state index contributed by atoms with van der Waals surface area (Å²) in [6.45, 7) is 3.78. The van der Waals surface area contributed by atoms with Crippen LogP contribution in [0.25, 0.3) is 0 Å². The van der Waals surface area contributed by atoms with Crippen LogP contribution < -0.4 is 9.62 Å². The molecule has 0 radical (unpaired) electrons. The van der Waals surface area contributed by atoms with Gasteiger partial charge in [0.15, 0.2) is 0 Å². The molecule has 0 aromatic heterocycles. The number of benzene rings is 3. The molecule has 0 heterocycles. The lowest BCUT2D eigenvalue weighted by Gasteiger charge is -2.34. The third kappa shape index (κ3) is 7.57. The van der Waals surface area contributed by atoms with Gasteiger partial charge in [-0.15, -0.1) is 0 Å². The lowest BCUT2D eigenvalue weighted by Crippen LogP contribution is -2.53. The summed E-state index contributed by atoms with van der Waals surface area (Å²) in [4.78, 5) is 28.7. The summed E-state index contributed by atoms with van der Waals surface area (Å²) in [6.07, 6.45) is 1.30. The van der Waals surface area contributed by atoms with Crippen LogP contribution in [0.4, 0.5) is 5.69 Å². The minimum absolute atomic E-state index is 0.139. The quantitative estimate of drug-likeness (QED) is 0.394. The largest absolute Gasteiger partial charge is 0.355 e. The minimum atomic E-state index is -3.86. The first-order chi connectivity index (χ1) is 17.6. The Labute approximate surface area is 224 Å². The topological polar surface area (TPSA) is 86.8 Å². The molecule has 3 aromatic rings. The van der Waals surface area contributed by atoms with Crippen LogP contribution >= 0.6 is 11.6 Å². The average molecular weight is 542 g/mol. The standard InChI is InChI=1S/C28H32ClN3O4S/c1-4-30-28(34)26(18-22-13-6-5-7-14-22)31(19-23-15-9-8-12-21(23)2)27(33)20-32(37(3,35)36)25-17-11-10-16-24(25)29/h5-17,26H,4,18-20H2,1-3H3,(H,30,34)/t26-/m1/s1. The Balaban J connectivity index is 2.06. The molecule has 196 valence electrons. The lowest BCUT2D eigenvalue weighted by molar-refractivity contribution is -0.140.